The molecule has 31 heavy (non-hydrogen) atoms. The Labute approximate surface area is 191 Å². The number of rotatable bonds is 8. The molecule has 1 aromatic heterocycles. The summed E-state index contributed by atoms with van der Waals surface area (Å²) in [6.45, 7) is 1.15. The van der Waals surface area contributed by atoms with Gasteiger partial charge in [0.1, 0.15) is 17.4 Å². The van der Waals surface area contributed by atoms with Crippen LogP contribution in [0.1, 0.15) is 11.1 Å². The molecule has 1 atom stereocenters. The Kier molecular flexibility index (Phi) is 7.64. The van der Waals surface area contributed by atoms with Gasteiger partial charge in [-0.05, 0) is 64.9 Å². The second-order valence-corrected chi connectivity index (χ2v) is 8.09. The van der Waals surface area contributed by atoms with E-state index in [1.807, 2.05) is 24.3 Å². The fourth-order valence-electron chi connectivity index (χ4n) is 2.93. The highest BCUT2D eigenvalue weighted by Crippen LogP contribution is 2.22. The number of carbonyl (C=O) groups excluding carboxylic acids is 2. The molecule has 2 aromatic carbocycles. The van der Waals surface area contributed by atoms with Gasteiger partial charge < -0.3 is 24.9 Å². The number of hydrogen-bond donors (Lipinski definition) is 3. The number of aliphatic hydroxyl groups is 1. The third kappa shape index (κ3) is 6.28. The van der Waals surface area contributed by atoms with Crippen molar-refractivity contribution in [2.75, 3.05) is 13.2 Å². The van der Waals surface area contributed by atoms with Crippen LogP contribution in [-0.4, -0.2) is 36.2 Å². The maximum atomic E-state index is 12.3. The number of amides is 2. The molecule has 3 aromatic rings. The Hall–Kier alpha value is -2.92. The van der Waals surface area contributed by atoms with E-state index in [1.165, 1.54) is 12.1 Å². The van der Waals surface area contributed by atoms with Crippen molar-refractivity contribution < 1.29 is 23.8 Å². The molecular weight excluding hydrogens is 515 g/mol. The topological polar surface area (TPSA) is 118 Å². The van der Waals surface area contributed by atoms with Crippen LogP contribution in [0.3, 0.4) is 0 Å². The molecule has 3 N–H and O–H groups in total. The minimum atomic E-state index is -1.10. The molecule has 0 fully saturated rings. The van der Waals surface area contributed by atoms with Crippen molar-refractivity contribution in [3.8, 4) is 5.75 Å². The average molecular weight is 536 g/mol. The zero-order valence-corrected chi connectivity index (χ0v) is 18.8. The van der Waals surface area contributed by atoms with E-state index in [9.17, 15) is 19.5 Å². The van der Waals surface area contributed by atoms with Crippen LogP contribution in [0.15, 0.2) is 57.7 Å². The van der Waals surface area contributed by atoms with Gasteiger partial charge in [0, 0.05) is 27.6 Å². The summed E-state index contributed by atoms with van der Waals surface area (Å²) in [4.78, 5) is 36.0. The van der Waals surface area contributed by atoms with E-state index in [0.717, 1.165) is 20.1 Å². The van der Waals surface area contributed by atoms with Crippen LogP contribution in [0.25, 0.3) is 11.0 Å². The lowest BCUT2D eigenvalue weighted by Crippen LogP contribution is -2.49. The van der Waals surface area contributed by atoms with Crippen molar-refractivity contribution in [1.29, 1.82) is 0 Å². The summed E-state index contributed by atoms with van der Waals surface area (Å²) in [6, 6.07) is 12.8. The van der Waals surface area contributed by atoms with Crippen molar-refractivity contribution in [2.45, 2.75) is 19.5 Å². The molecule has 162 valence electrons. The molecule has 0 saturated heterocycles. The van der Waals surface area contributed by atoms with E-state index in [-0.39, 0.29) is 13.2 Å². The number of fused-ring (bicyclic) bond motifs is 1. The molecule has 0 aliphatic heterocycles. The van der Waals surface area contributed by atoms with Crippen molar-refractivity contribution in [3.63, 3.8) is 0 Å². The van der Waals surface area contributed by atoms with Crippen LogP contribution in [0, 0.1) is 10.5 Å². The maximum absolute atomic E-state index is 12.3. The second-order valence-electron chi connectivity index (χ2n) is 6.85. The van der Waals surface area contributed by atoms with Crippen LogP contribution in [0.4, 0.5) is 0 Å². The molecule has 2 amide bonds. The molecule has 0 bridgehead atoms. The molecule has 0 unspecified atom stereocenters. The van der Waals surface area contributed by atoms with E-state index in [2.05, 4.69) is 33.2 Å². The van der Waals surface area contributed by atoms with Gasteiger partial charge in [-0.1, -0.05) is 12.1 Å². The molecular formula is C22H21IN2O6. The van der Waals surface area contributed by atoms with Crippen molar-refractivity contribution in [3.05, 3.63) is 73.6 Å². The fraction of sp³-hybridized carbons (Fsp3) is 0.227. The number of aryl methyl sites for hydroxylation is 1. The van der Waals surface area contributed by atoms with Gasteiger partial charge in [-0.15, -0.1) is 0 Å². The van der Waals surface area contributed by atoms with E-state index in [4.69, 9.17) is 9.15 Å². The fourth-order valence-corrected chi connectivity index (χ4v) is 3.54. The normalized spacial score (nSPS) is 11.7. The Morgan fingerprint density at radius 3 is 2.74 bits per heavy atom. The van der Waals surface area contributed by atoms with Gasteiger partial charge in [0.2, 0.25) is 5.91 Å². The smallest absolute Gasteiger partial charge is 0.336 e. The minimum absolute atomic E-state index is 0.278. The third-order valence-corrected chi connectivity index (χ3v) is 5.15. The number of nitrogens with one attached hydrogen (secondary N) is 2. The number of carbonyl (C=O) groups is 2. The molecule has 0 aliphatic carbocycles. The van der Waals surface area contributed by atoms with Crippen LogP contribution < -0.4 is 21.0 Å². The van der Waals surface area contributed by atoms with E-state index >= 15 is 0 Å². The lowest BCUT2D eigenvalue weighted by Gasteiger charge is -2.16. The van der Waals surface area contributed by atoms with Crippen molar-refractivity contribution in [1.82, 2.24) is 10.6 Å². The summed E-state index contributed by atoms with van der Waals surface area (Å²) in [5.74, 6) is -0.744. The summed E-state index contributed by atoms with van der Waals surface area (Å²) in [6.07, 6.45) is 0. The average Bonchev–Trinajstić information content (AvgIpc) is 2.74. The summed E-state index contributed by atoms with van der Waals surface area (Å²) in [7, 11) is 0. The molecule has 8 nitrogen and oxygen atoms in total. The number of halogens is 1. The predicted octanol–water partition coefficient (Wildman–Crippen LogP) is 1.88. The summed E-state index contributed by atoms with van der Waals surface area (Å²) in [5, 5.41) is 15.4. The Balaban J connectivity index is 1.54. The van der Waals surface area contributed by atoms with E-state index in [1.54, 1.807) is 19.1 Å². The van der Waals surface area contributed by atoms with Crippen molar-refractivity contribution >= 4 is 45.4 Å². The van der Waals surface area contributed by atoms with Crippen LogP contribution in [0.5, 0.6) is 5.75 Å². The zero-order chi connectivity index (χ0) is 22.4. The van der Waals surface area contributed by atoms with Gasteiger partial charge >= 0.3 is 5.63 Å². The molecule has 0 aliphatic rings. The highest BCUT2D eigenvalue weighted by atomic mass is 127. The quantitative estimate of drug-likeness (QED) is 0.299. The summed E-state index contributed by atoms with van der Waals surface area (Å²) < 4.78 is 11.6. The van der Waals surface area contributed by atoms with Gasteiger partial charge in [-0.25, -0.2) is 4.79 Å². The van der Waals surface area contributed by atoms with Gasteiger partial charge in [0.05, 0.1) is 6.61 Å². The number of ether oxygens (including phenoxy) is 1. The number of aliphatic hydroxyl groups excluding tert-OH is 1. The van der Waals surface area contributed by atoms with Gasteiger partial charge in [-0.2, -0.15) is 0 Å². The van der Waals surface area contributed by atoms with Gasteiger partial charge in [0.25, 0.3) is 5.91 Å². The largest absolute Gasteiger partial charge is 0.484 e. The lowest BCUT2D eigenvalue weighted by atomic mass is 10.1. The highest BCUT2D eigenvalue weighted by Gasteiger charge is 2.20. The molecule has 0 saturated carbocycles. The first-order chi connectivity index (χ1) is 14.9. The first-order valence-corrected chi connectivity index (χ1v) is 10.5. The van der Waals surface area contributed by atoms with E-state index < -0.39 is 30.1 Å². The molecule has 1 heterocycles. The summed E-state index contributed by atoms with van der Waals surface area (Å²) in [5.41, 5.74) is 1.57. The number of benzene rings is 2. The number of hydrogen-bond acceptors (Lipinski definition) is 6. The maximum Gasteiger partial charge on any atom is 0.336 e. The van der Waals surface area contributed by atoms with Crippen molar-refractivity contribution in [2.24, 2.45) is 0 Å². The molecule has 3 rings (SSSR count). The van der Waals surface area contributed by atoms with Crippen LogP contribution in [0.2, 0.25) is 0 Å². The monoisotopic (exact) mass is 536 g/mol. The highest BCUT2D eigenvalue weighted by molar-refractivity contribution is 14.1. The first kappa shape index (κ1) is 22.8. The third-order valence-electron chi connectivity index (χ3n) is 4.48. The molecule has 9 heteroatoms. The predicted molar refractivity (Wildman–Crippen MR) is 123 cm³/mol. The molecule has 0 radical (unpaired) electrons. The lowest BCUT2D eigenvalue weighted by molar-refractivity contribution is -0.131. The Bertz CT molecular complexity index is 1160. The van der Waals surface area contributed by atoms with Crippen LogP contribution in [-0.2, 0) is 16.1 Å². The second kappa shape index (κ2) is 10.4. The minimum Gasteiger partial charge on any atom is -0.484 e. The van der Waals surface area contributed by atoms with Crippen LogP contribution >= 0.6 is 22.6 Å². The standard InChI is InChI=1S/C22H21IN2O6/c1-13-7-21(28)31-19-9-16(5-6-17(13)19)30-12-20(27)25-18(11-26)22(29)24-10-14-3-2-4-15(23)8-14/h2-9,18,26H,10-12H2,1H3,(H,24,29)(H,25,27)/t18-/m0/s1. The summed E-state index contributed by atoms with van der Waals surface area (Å²) >= 11 is 2.18. The Morgan fingerprint density at radius 1 is 1.19 bits per heavy atom. The van der Waals surface area contributed by atoms with E-state index in [0.29, 0.717) is 11.3 Å². The van der Waals surface area contributed by atoms with Gasteiger partial charge in [0.15, 0.2) is 6.61 Å². The Morgan fingerprint density at radius 2 is 2.00 bits per heavy atom. The first-order valence-electron chi connectivity index (χ1n) is 9.45. The van der Waals surface area contributed by atoms with Gasteiger partial charge in [-0.3, -0.25) is 9.59 Å². The zero-order valence-electron chi connectivity index (χ0n) is 16.7. The SMILES string of the molecule is Cc1cc(=O)oc2cc(OCC(=O)N[C@@H](CO)C(=O)NCc3cccc(I)c3)ccc12. The molecule has 0 spiro atoms.